The maximum atomic E-state index is 5.94. The van der Waals surface area contributed by atoms with E-state index in [0.29, 0.717) is 12.6 Å². The van der Waals surface area contributed by atoms with Crippen molar-refractivity contribution in [3.8, 4) is 11.5 Å². The first kappa shape index (κ1) is 17.8. The molecule has 4 heteroatoms. The van der Waals surface area contributed by atoms with Crippen molar-refractivity contribution in [3.05, 3.63) is 59.7 Å². The second-order valence-corrected chi connectivity index (χ2v) is 6.62. The lowest BCUT2D eigenvalue weighted by molar-refractivity contribution is 0.187. The zero-order valence-corrected chi connectivity index (χ0v) is 15.2. The molecule has 0 amide bonds. The molecule has 2 aromatic carbocycles. The van der Waals surface area contributed by atoms with Crippen LogP contribution in [0.4, 0.5) is 0 Å². The topological polar surface area (TPSA) is 33.7 Å². The van der Waals surface area contributed by atoms with E-state index >= 15 is 0 Å². The van der Waals surface area contributed by atoms with Crippen LogP contribution in [0.3, 0.4) is 0 Å². The second kappa shape index (κ2) is 8.88. The van der Waals surface area contributed by atoms with Crippen LogP contribution in [-0.4, -0.2) is 38.2 Å². The fraction of sp³-hybridized carbons (Fsp3) is 0.429. The van der Waals surface area contributed by atoms with E-state index in [1.165, 1.54) is 18.4 Å². The van der Waals surface area contributed by atoms with Crippen LogP contribution in [0.1, 0.15) is 24.0 Å². The molecule has 1 heterocycles. The number of piperidine rings is 1. The van der Waals surface area contributed by atoms with Gasteiger partial charge in [-0.1, -0.05) is 36.4 Å². The molecule has 0 aromatic heterocycles. The Morgan fingerprint density at radius 1 is 1.08 bits per heavy atom. The Bertz CT molecular complexity index is 660. The number of benzene rings is 2. The summed E-state index contributed by atoms with van der Waals surface area (Å²) in [4.78, 5) is 2.50. The zero-order valence-electron chi connectivity index (χ0n) is 15.2. The van der Waals surface area contributed by atoms with Crippen molar-refractivity contribution < 1.29 is 9.47 Å². The Labute approximate surface area is 150 Å². The number of nitrogens with one attached hydrogen (secondary N) is 1. The average Bonchev–Trinajstić information content (AvgIpc) is 2.67. The lowest BCUT2D eigenvalue weighted by atomic mass is 10.0. The number of ether oxygens (including phenoxy) is 2. The summed E-state index contributed by atoms with van der Waals surface area (Å²) in [7, 11) is 3.75. The average molecular weight is 340 g/mol. The van der Waals surface area contributed by atoms with Gasteiger partial charge >= 0.3 is 0 Å². The quantitative estimate of drug-likeness (QED) is 0.837. The summed E-state index contributed by atoms with van der Waals surface area (Å²) < 4.78 is 11.5. The summed E-state index contributed by atoms with van der Waals surface area (Å²) >= 11 is 0. The molecule has 0 aliphatic carbocycles. The van der Waals surface area contributed by atoms with Gasteiger partial charge in [0.05, 0.1) is 7.11 Å². The SMILES string of the molecule is CNC1CCCN(Cc2ccc(OCc3ccccc3)c(OC)c2)C1. The molecule has 134 valence electrons. The number of likely N-dealkylation sites (N-methyl/N-ethyl adjacent to an activating group) is 1. The monoisotopic (exact) mass is 340 g/mol. The highest BCUT2D eigenvalue weighted by atomic mass is 16.5. The lowest BCUT2D eigenvalue weighted by Gasteiger charge is -2.32. The first-order valence-electron chi connectivity index (χ1n) is 9.01. The van der Waals surface area contributed by atoms with Crippen molar-refractivity contribution in [2.75, 3.05) is 27.2 Å². The van der Waals surface area contributed by atoms with E-state index in [-0.39, 0.29) is 0 Å². The van der Waals surface area contributed by atoms with Crippen molar-refractivity contribution in [3.63, 3.8) is 0 Å². The fourth-order valence-corrected chi connectivity index (χ4v) is 3.36. The smallest absolute Gasteiger partial charge is 0.161 e. The molecule has 1 fully saturated rings. The maximum Gasteiger partial charge on any atom is 0.161 e. The van der Waals surface area contributed by atoms with Gasteiger partial charge in [0.1, 0.15) is 6.61 Å². The Kier molecular flexibility index (Phi) is 6.31. The minimum atomic E-state index is 0.548. The predicted octanol–water partition coefficient (Wildman–Crippen LogP) is 3.46. The van der Waals surface area contributed by atoms with Gasteiger partial charge in [0.15, 0.2) is 11.5 Å². The third-order valence-corrected chi connectivity index (χ3v) is 4.79. The van der Waals surface area contributed by atoms with Crippen LogP contribution in [0.15, 0.2) is 48.5 Å². The van der Waals surface area contributed by atoms with E-state index in [2.05, 4.69) is 41.5 Å². The van der Waals surface area contributed by atoms with E-state index < -0.39 is 0 Å². The maximum absolute atomic E-state index is 5.94. The number of rotatable bonds is 7. The molecule has 1 aliphatic rings. The highest BCUT2D eigenvalue weighted by molar-refractivity contribution is 5.43. The zero-order chi connectivity index (χ0) is 17.5. The van der Waals surface area contributed by atoms with Crippen LogP contribution in [0.25, 0.3) is 0 Å². The molecule has 1 unspecified atom stereocenters. The Morgan fingerprint density at radius 2 is 1.92 bits per heavy atom. The van der Waals surface area contributed by atoms with Crippen molar-refractivity contribution in [1.82, 2.24) is 10.2 Å². The number of methoxy groups -OCH3 is 1. The fourth-order valence-electron chi connectivity index (χ4n) is 3.36. The molecule has 0 bridgehead atoms. The molecule has 1 N–H and O–H groups in total. The van der Waals surface area contributed by atoms with Crippen molar-refractivity contribution in [1.29, 1.82) is 0 Å². The van der Waals surface area contributed by atoms with E-state index in [1.54, 1.807) is 7.11 Å². The molecule has 1 saturated heterocycles. The van der Waals surface area contributed by atoms with Crippen molar-refractivity contribution in [2.45, 2.75) is 32.0 Å². The number of likely N-dealkylation sites (tertiary alicyclic amines) is 1. The number of hydrogen-bond donors (Lipinski definition) is 1. The Balaban J connectivity index is 1.63. The van der Waals surface area contributed by atoms with Crippen LogP contribution in [0.2, 0.25) is 0 Å². The molecule has 4 nitrogen and oxygen atoms in total. The molecule has 2 aromatic rings. The van der Waals surface area contributed by atoms with Crippen LogP contribution in [0, 0.1) is 0 Å². The lowest BCUT2D eigenvalue weighted by Crippen LogP contribution is -2.43. The summed E-state index contributed by atoms with van der Waals surface area (Å²) in [6.45, 7) is 3.76. The highest BCUT2D eigenvalue weighted by Crippen LogP contribution is 2.29. The standard InChI is InChI=1S/C21H28N2O2/c1-22-19-9-6-12-23(15-19)14-18-10-11-20(21(13-18)24-2)25-16-17-7-4-3-5-8-17/h3-5,7-8,10-11,13,19,22H,6,9,12,14-16H2,1-2H3. The van der Waals surface area contributed by atoms with Crippen LogP contribution in [-0.2, 0) is 13.2 Å². The Morgan fingerprint density at radius 3 is 2.68 bits per heavy atom. The Hall–Kier alpha value is -2.04. The largest absolute Gasteiger partial charge is 0.493 e. The highest BCUT2D eigenvalue weighted by Gasteiger charge is 2.18. The minimum Gasteiger partial charge on any atom is -0.493 e. The van der Waals surface area contributed by atoms with Crippen LogP contribution < -0.4 is 14.8 Å². The third-order valence-electron chi connectivity index (χ3n) is 4.79. The van der Waals surface area contributed by atoms with Gasteiger partial charge < -0.3 is 14.8 Å². The van der Waals surface area contributed by atoms with Crippen LogP contribution >= 0.6 is 0 Å². The van der Waals surface area contributed by atoms with Gasteiger partial charge in [0.25, 0.3) is 0 Å². The predicted molar refractivity (Wildman–Crippen MR) is 101 cm³/mol. The summed E-state index contributed by atoms with van der Waals surface area (Å²) in [5, 5.41) is 3.40. The van der Waals surface area contributed by atoms with Gasteiger partial charge in [-0.25, -0.2) is 0 Å². The summed E-state index contributed by atoms with van der Waals surface area (Å²) in [6, 6.07) is 17.1. The van der Waals surface area contributed by atoms with Gasteiger partial charge in [-0.2, -0.15) is 0 Å². The van der Waals surface area contributed by atoms with Gasteiger partial charge in [-0.05, 0) is 49.7 Å². The minimum absolute atomic E-state index is 0.548. The molecule has 0 saturated carbocycles. The van der Waals surface area contributed by atoms with Crippen molar-refractivity contribution >= 4 is 0 Å². The second-order valence-electron chi connectivity index (χ2n) is 6.62. The molecule has 0 spiro atoms. The summed E-state index contributed by atoms with van der Waals surface area (Å²) in [5.41, 5.74) is 2.42. The molecule has 1 aliphatic heterocycles. The number of hydrogen-bond acceptors (Lipinski definition) is 4. The normalized spacial score (nSPS) is 18.1. The number of nitrogens with zero attached hydrogens (tertiary/aromatic N) is 1. The van der Waals surface area contributed by atoms with E-state index in [0.717, 1.165) is 36.7 Å². The summed E-state index contributed by atoms with van der Waals surface area (Å²) in [6.07, 6.45) is 2.52. The van der Waals surface area contributed by atoms with E-state index in [9.17, 15) is 0 Å². The summed E-state index contributed by atoms with van der Waals surface area (Å²) in [5.74, 6) is 1.59. The van der Waals surface area contributed by atoms with E-state index in [4.69, 9.17) is 9.47 Å². The molecular weight excluding hydrogens is 312 g/mol. The van der Waals surface area contributed by atoms with Crippen molar-refractivity contribution in [2.24, 2.45) is 0 Å². The first-order valence-corrected chi connectivity index (χ1v) is 9.01. The first-order chi connectivity index (χ1) is 12.3. The molecule has 0 radical (unpaired) electrons. The van der Waals surface area contributed by atoms with Gasteiger partial charge in [-0.15, -0.1) is 0 Å². The third kappa shape index (κ3) is 4.97. The van der Waals surface area contributed by atoms with Gasteiger partial charge in [0.2, 0.25) is 0 Å². The van der Waals surface area contributed by atoms with E-state index in [1.807, 2.05) is 24.3 Å². The molecule has 25 heavy (non-hydrogen) atoms. The molecule has 3 rings (SSSR count). The van der Waals surface area contributed by atoms with Crippen LogP contribution in [0.5, 0.6) is 11.5 Å². The van der Waals surface area contributed by atoms with Gasteiger partial charge in [0, 0.05) is 19.1 Å². The van der Waals surface area contributed by atoms with Gasteiger partial charge in [-0.3, -0.25) is 4.90 Å². The molecule has 1 atom stereocenters. The molecular formula is C21H28N2O2.